The summed E-state index contributed by atoms with van der Waals surface area (Å²) in [5.41, 5.74) is 0.581. The molecule has 0 saturated heterocycles. The first-order chi connectivity index (χ1) is 13.3. The number of carbonyl (C=O) groups is 1. The molecule has 1 aliphatic carbocycles. The highest BCUT2D eigenvalue weighted by Gasteiger charge is 2.34. The van der Waals surface area contributed by atoms with Crippen LogP contribution in [0.3, 0.4) is 0 Å². The summed E-state index contributed by atoms with van der Waals surface area (Å²) < 4.78 is 40.6. The fraction of sp³-hybridized carbons (Fsp3) is 0.250. The molecule has 2 aromatic rings. The third-order valence-corrected chi connectivity index (χ3v) is 6.19. The van der Waals surface area contributed by atoms with Crippen molar-refractivity contribution in [1.82, 2.24) is 9.62 Å². The summed E-state index contributed by atoms with van der Waals surface area (Å²) in [5.74, 6) is 1.43. The number of benzene rings is 2. The summed E-state index contributed by atoms with van der Waals surface area (Å²) in [7, 11) is -3.73. The number of nitrogens with one attached hydrogen (secondary N) is 1. The molecule has 8 heteroatoms. The molecule has 0 spiro atoms. The molecule has 0 atom stereocenters. The van der Waals surface area contributed by atoms with E-state index in [0.29, 0.717) is 5.56 Å². The summed E-state index contributed by atoms with van der Waals surface area (Å²) in [5, 5.41) is 0.263. The van der Waals surface area contributed by atoms with Crippen LogP contribution in [-0.2, 0) is 16.6 Å². The SMILES string of the molecule is C#CCNS(=O)(=O)c1ccc(C(=O)N(Cc2c(F)cccc2Cl)C2CC2)cc1. The van der Waals surface area contributed by atoms with Crippen LogP contribution in [0.25, 0.3) is 0 Å². The number of terminal acetylenes is 1. The van der Waals surface area contributed by atoms with Crippen LogP contribution in [0.1, 0.15) is 28.8 Å². The van der Waals surface area contributed by atoms with E-state index in [4.69, 9.17) is 18.0 Å². The van der Waals surface area contributed by atoms with Crippen molar-refractivity contribution >= 4 is 27.5 Å². The van der Waals surface area contributed by atoms with Crippen molar-refractivity contribution in [2.24, 2.45) is 0 Å². The first kappa shape index (κ1) is 20.3. The number of hydrogen-bond donors (Lipinski definition) is 1. The third kappa shape index (κ3) is 4.53. The molecule has 5 nitrogen and oxygen atoms in total. The quantitative estimate of drug-likeness (QED) is 0.699. The maximum absolute atomic E-state index is 14.1. The van der Waals surface area contributed by atoms with Crippen molar-refractivity contribution in [2.45, 2.75) is 30.3 Å². The minimum atomic E-state index is -3.73. The predicted octanol–water partition coefficient (Wildman–Crippen LogP) is 3.20. The molecule has 0 aliphatic heterocycles. The van der Waals surface area contributed by atoms with Crippen LogP contribution < -0.4 is 4.72 Å². The van der Waals surface area contributed by atoms with E-state index in [0.717, 1.165) is 12.8 Å². The minimum absolute atomic E-state index is 0.00872. The number of sulfonamides is 1. The van der Waals surface area contributed by atoms with Crippen LogP contribution in [0.4, 0.5) is 4.39 Å². The summed E-state index contributed by atoms with van der Waals surface area (Å²) in [6.07, 6.45) is 6.73. The Kier molecular flexibility index (Phi) is 6.04. The Morgan fingerprint density at radius 2 is 1.93 bits per heavy atom. The Balaban J connectivity index is 1.82. The molecule has 146 valence electrons. The van der Waals surface area contributed by atoms with Crippen LogP contribution in [0.15, 0.2) is 47.4 Å². The second kappa shape index (κ2) is 8.31. The lowest BCUT2D eigenvalue weighted by Gasteiger charge is -2.23. The van der Waals surface area contributed by atoms with Crippen molar-refractivity contribution < 1.29 is 17.6 Å². The molecule has 0 aromatic heterocycles. The first-order valence-electron chi connectivity index (χ1n) is 8.60. The highest BCUT2D eigenvalue weighted by atomic mass is 35.5. The van der Waals surface area contributed by atoms with Gasteiger partial charge in [-0.2, -0.15) is 4.72 Å². The van der Waals surface area contributed by atoms with E-state index in [2.05, 4.69) is 10.6 Å². The van der Waals surface area contributed by atoms with Crippen molar-refractivity contribution in [2.75, 3.05) is 6.54 Å². The highest BCUT2D eigenvalue weighted by molar-refractivity contribution is 7.89. The zero-order valence-corrected chi connectivity index (χ0v) is 16.4. The molecule has 0 radical (unpaired) electrons. The predicted molar refractivity (Wildman–Crippen MR) is 105 cm³/mol. The van der Waals surface area contributed by atoms with Gasteiger partial charge in [-0.25, -0.2) is 12.8 Å². The van der Waals surface area contributed by atoms with Gasteiger partial charge in [0.15, 0.2) is 0 Å². The molecule has 3 rings (SSSR count). The van der Waals surface area contributed by atoms with Gasteiger partial charge in [-0.15, -0.1) is 6.42 Å². The molecule has 1 aliphatic rings. The molecule has 0 unspecified atom stereocenters. The van der Waals surface area contributed by atoms with Gasteiger partial charge in [0.1, 0.15) is 5.82 Å². The molecule has 1 amide bonds. The van der Waals surface area contributed by atoms with E-state index >= 15 is 0 Å². The van der Waals surface area contributed by atoms with Gasteiger partial charge in [0.2, 0.25) is 10.0 Å². The number of amides is 1. The van der Waals surface area contributed by atoms with Gasteiger partial charge in [-0.3, -0.25) is 4.79 Å². The second-order valence-electron chi connectivity index (χ2n) is 6.42. The van der Waals surface area contributed by atoms with Crippen molar-refractivity contribution in [3.8, 4) is 12.3 Å². The Morgan fingerprint density at radius 3 is 2.50 bits per heavy atom. The number of nitrogens with zero attached hydrogens (tertiary/aromatic N) is 1. The van der Waals surface area contributed by atoms with Crippen LogP contribution in [0.5, 0.6) is 0 Å². The summed E-state index contributed by atoms with van der Waals surface area (Å²) in [6.45, 7) is -0.0688. The largest absolute Gasteiger partial charge is 0.331 e. The maximum Gasteiger partial charge on any atom is 0.254 e. The number of carbonyl (C=O) groups excluding carboxylic acids is 1. The van der Waals surface area contributed by atoms with Gasteiger partial charge < -0.3 is 4.90 Å². The van der Waals surface area contributed by atoms with Gasteiger partial charge in [-0.05, 0) is 49.2 Å². The van der Waals surface area contributed by atoms with Crippen LogP contribution in [0, 0.1) is 18.2 Å². The normalized spacial score (nSPS) is 13.8. The smallest absolute Gasteiger partial charge is 0.254 e. The zero-order chi connectivity index (χ0) is 20.3. The Hall–Kier alpha value is -2.40. The molecule has 2 aromatic carbocycles. The topological polar surface area (TPSA) is 66.5 Å². The summed E-state index contributed by atoms with van der Waals surface area (Å²) >= 11 is 6.10. The Morgan fingerprint density at radius 1 is 1.25 bits per heavy atom. The van der Waals surface area contributed by atoms with E-state index in [1.54, 1.807) is 11.0 Å². The lowest BCUT2D eigenvalue weighted by atomic mass is 10.1. The summed E-state index contributed by atoms with van der Waals surface area (Å²) in [4.78, 5) is 14.5. The molecule has 1 saturated carbocycles. The zero-order valence-electron chi connectivity index (χ0n) is 14.9. The fourth-order valence-electron chi connectivity index (χ4n) is 2.77. The van der Waals surface area contributed by atoms with Gasteiger partial charge in [0.25, 0.3) is 5.91 Å². The van der Waals surface area contributed by atoms with E-state index in [1.807, 2.05) is 0 Å². The van der Waals surface area contributed by atoms with Crippen LogP contribution >= 0.6 is 11.6 Å². The summed E-state index contributed by atoms with van der Waals surface area (Å²) in [6, 6.07) is 9.97. The van der Waals surface area contributed by atoms with E-state index in [-0.39, 0.29) is 40.5 Å². The van der Waals surface area contributed by atoms with Gasteiger partial charge in [0.05, 0.1) is 18.0 Å². The molecular formula is C20H18ClFN2O3S. The third-order valence-electron chi connectivity index (χ3n) is 4.41. The monoisotopic (exact) mass is 420 g/mol. The first-order valence-corrected chi connectivity index (χ1v) is 10.5. The number of rotatable bonds is 7. The second-order valence-corrected chi connectivity index (χ2v) is 8.59. The lowest BCUT2D eigenvalue weighted by Crippen LogP contribution is -2.33. The Labute approximate surface area is 168 Å². The lowest BCUT2D eigenvalue weighted by molar-refractivity contribution is 0.0728. The molecule has 28 heavy (non-hydrogen) atoms. The fourth-order valence-corrected chi connectivity index (χ4v) is 3.93. The number of halogens is 2. The average molecular weight is 421 g/mol. The molecule has 0 bridgehead atoms. The Bertz CT molecular complexity index is 1010. The van der Waals surface area contributed by atoms with E-state index < -0.39 is 15.8 Å². The van der Waals surface area contributed by atoms with Crippen LogP contribution in [-0.4, -0.2) is 31.8 Å². The van der Waals surface area contributed by atoms with Gasteiger partial charge in [-0.1, -0.05) is 23.6 Å². The van der Waals surface area contributed by atoms with Crippen molar-refractivity contribution in [3.05, 3.63) is 64.4 Å². The average Bonchev–Trinajstić information content (AvgIpc) is 3.51. The molecule has 1 fully saturated rings. The standard InChI is InChI=1S/C20H18ClFN2O3S/c1-2-12-23-28(26,27)16-10-6-14(7-11-16)20(25)24(15-8-9-15)13-17-18(21)4-3-5-19(17)22/h1,3-7,10-11,15,23H,8-9,12-13H2. The van der Waals surface area contributed by atoms with Crippen molar-refractivity contribution in [3.63, 3.8) is 0 Å². The molecular weight excluding hydrogens is 403 g/mol. The van der Waals surface area contributed by atoms with Crippen LogP contribution in [0.2, 0.25) is 5.02 Å². The van der Waals surface area contributed by atoms with E-state index in [1.165, 1.54) is 36.4 Å². The van der Waals surface area contributed by atoms with Gasteiger partial charge in [0, 0.05) is 22.2 Å². The van der Waals surface area contributed by atoms with Gasteiger partial charge >= 0.3 is 0 Å². The van der Waals surface area contributed by atoms with E-state index in [9.17, 15) is 17.6 Å². The minimum Gasteiger partial charge on any atom is -0.331 e. The number of hydrogen-bond acceptors (Lipinski definition) is 3. The van der Waals surface area contributed by atoms with Crippen molar-refractivity contribution in [1.29, 1.82) is 0 Å². The highest BCUT2D eigenvalue weighted by Crippen LogP contribution is 2.32. The molecule has 0 heterocycles. The maximum atomic E-state index is 14.1. The molecule has 1 N–H and O–H groups in total.